The van der Waals surface area contributed by atoms with Crippen molar-refractivity contribution < 1.29 is 28.5 Å². The van der Waals surface area contributed by atoms with Gasteiger partial charge in [0.1, 0.15) is 0 Å². The average molecular weight is 328 g/mol. The first kappa shape index (κ1) is 15.1. The number of rotatable bonds is 4. The quantitative estimate of drug-likeness (QED) is 0.804. The van der Waals surface area contributed by atoms with Gasteiger partial charge < -0.3 is 18.9 Å². The number of hydrogen-bond donors (Lipinski definition) is 0. The number of benzene rings is 2. The van der Waals surface area contributed by atoms with E-state index in [9.17, 15) is 9.59 Å². The molecule has 24 heavy (non-hydrogen) atoms. The fourth-order valence-electron chi connectivity index (χ4n) is 2.64. The molecule has 0 amide bonds. The minimum Gasteiger partial charge on any atom is -0.432 e. The van der Waals surface area contributed by atoms with E-state index in [1.165, 1.54) is 0 Å². The van der Waals surface area contributed by atoms with Crippen molar-refractivity contribution in [3.05, 3.63) is 47.5 Å². The second-order valence-corrected chi connectivity index (χ2v) is 5.70. The summed E-state index contributed by atoms with van der Waals surface area (Å²) in [5.41, 5.74) is 0.376. The maximum absolute atomic E-state index is 12.6. The Morgan fingerprint density at radius 2 is 1.50 bits per heavy atom. The molecule has 0 spiro atoms. The third-order valence-corrected chi connectivity index (χ3v) is 4.14. The van der Waals surface area contributed by atoms with Crippen LogP contribution in [0.3, 0.4) is 0 Å². The minimum atomic E-state index is -0.591. The van der Waals surface area contributed by atoms with Gasteiger partial charge >= 0.3 is 11.9 Å². The van der Waals surface area contributed by atoms with Crippen LogP contribution in [0.15, 0.2) is 36.4 Å². The molecule has 2 atom stereocenters. The average Bonchev–Trinajstić information content (AvgIpc) is 2.52. The molecule has 2 fully saturated rings. The Labute approximate surface area is 138 Å². The summed E-state index contributed by atoms with van der Waals surface area (Å²) >= 11 is 0. The van der Waals surface area contributed by atoms with E-state index < -0.39 is 24.5 Å². The van der Waals surface area contributed by atoms with Crippen LogP contribution in [0.5, 0.6) is 0 Å². The zero-order chi connectivity index (χ0) is 16.5. The molecule has 2 aromatic rings. The molecule has 0 saturated carbocycles. The van der Waals surface area contributed by atoms with Crippen LogP contribution in [0.2, 0.25) is 0 Å². The van der Waals surface area contributed by atoms with Gasteiger partial charge in [0, 0.05) is 12.8 Å². The highest BCUT2D eigenvalue weighted by atomic mass is 16.7. The highest BCUT2D eigenvalue weighted by Gasteiger charge is 2.30. The van der Waals surface area contributed by atoms with Crippen LogP contribution in [-0.2, 0) is 18.9 Å². The fourth-order valence-corrected chi connectivity index (χ4v) is 2.64. The van der Waals surface area contributed by atoms with E-state index in [1.54, 1.807) is 18.2 Å². The van der Waals surface area contributed by atoms with E-state index >= 15 is 0 Å². The number of ether oxygens (including phenoxy) is 4. The van der Waals surface area contributed by atoms with Crippen LogP contribution in [0, 0.1) is 0 Å². The maximum atomic E-state index is 12.6. The molecule has 2 heterocycles. The molecule has 6 nitrogen and oxygen atoms in total. The Morgan fingerprint density at radius 1 is 0.875 bits per heavy atom. The van der Waals surface area contributed by atoms with Crippen LogP contribution < -0.4 is 0 Å². The van der Waals surface area contributed by atoms with E-state index in [-0.39, 0.29) is 11.1 Å². The summed E-state index contributed by atoms with van der Waals surface area (Å²) in [5.74, 6) is -1.18. The van der Waals surface area contributed by atoms with Gasteiger partial charge in [-0.2, -0.15) is 0 Å². The Hall–Kier alpha value is -2.44. The van der Waals surface area contributed by atoms with E-state index in [1.807, 2.05) is 18.2 Å². The Kier molecular flexibility index (Phi) is 3.92. The lowest BCUT2D eigenvalue weighted by molar-refractivity contribution is -0.186. The first-order chi connectivity index (χ1) is 11.7. The first-order valence-corrected chi connectivity index (χ1v) is 7.89. The molecular formula is C18H16O6. The number of hydrogen-bond acceptors (Lipinski definition) is 6. The molecule has 2 aliphatic heterocycles. The number of carbonyl (C=O) groups excluding carboxylic acids is 2. The van der Waals surface area contributed by atoms with Gasteiger partial charge in [0.25, 0.3) is 0 Å². The van der Waals surface area contributed by atoms with E-state index in [4.69, 9.17) is 18.9 Å². The van der Waals surface area contributed by atoms with Crippen LogP contribution in [-0.4, -0.2) is 37.7 Å². The first-order valence-electron chi connectivity index (χ1n) is 7.89. The van der Waals surface area contributed by atoms with Gasteiger partial charge in [0.15, 0.2) is 0 Å². The van der Waals surface area contributed by atoms with Crippen molar-refractivity contribution in [1.82, 2.24) is 0 Å². The van der Waals surface area contributed by atoms with E-state index in [0.29, 0.717) is 31.4 Å². The summed E-state index contributed by atoms with van der Waals surface area (Å²) in [6.07, 6.45) is 0.236. The normalized spacial score (nSPS) is 22.3. The van der Waals surface area contributed by atoms with Crippen molar-refractivity contribution in [1.29, 1.82) is 0 Å². The lowest BCUT2D eigenvalue weighted by Crippen LogP contribution is -2.34. The number of esters is 2. The zero-order valence-corrected chi connectivity index (χ0v) is 12.9. The monoisotopic (exact) mass is 328 g/mol. The van der Waals surface area contributed by atoms with Gasteiger partial charge in [-0.1, -0.05) is 30.3 Å². The van der Waals surface area contributed by atoms with Gasteiger partial charge in [0.2, 0.25) is 12.6 Å². The Bertz CT molecular complexity index is 791. The molecule has 0 radical (unpaired) electrons. The largest absolute Gasteiger partial charge is 0.432 e. The molecule has 0 aliphatic carbocycles. The van der Waals surface area contributed by atoms with E-state index in [2.05, 4.69) is 0 Å². The molecule has 124 valence electrons. The molecule has 2 unspecified atom stereocenters. The minimum absolute atomic E-state index is 0.175. The highest BCUT2D eigenvalue weighted by Crippen LogP contribution is 2.27. The third-order valence-electron chi connectivity index (χ3n) is 4.14. The summed E-state index contributed by atoms with van der Waals surface area (Å²) in [6.45, 7) is 1.14. The summed E-state index contributed by atoms with van der Waals surface area (Å²) < 4.78 is 20.8. The van der Waals surface area contributed by atoms with Crippen LogP contribution in [0.1, 0.15) is 33.6 Å². The van der Waals surface area contributed by atoms with Crippen molar-refractivity contribution >= 4 is 22.7 Å². The van der Waals surface area contributed by atoms with Gasteiger partial charge in [-0.05, 0) is 16.8 Å². The second kappa shape index (κ2) is 6.22. The topological polar surface area (TPSA) is 71.1 Å². The van der Waals surface area contributed by atoms with Gasteiger partial charge in [-0.25, -0.2) is 9.59 Å². The summed E-state index contributed by atoms with van der Waals surface area (Å²) in [5, 5.41) is 1.49. The number of carbonyl (C=O) groups is 2. The lowest BCUT2D eigenvalue weighted by Gasteiger charge is -2.27. The molecule has 2 aliphatic rings. The smallest absolute Gasteiger partial charge is 0.341 e. The van der Waals surface area contributed by atoms with Gasteiger partial charge in [-0.15, -0.1) is 0 Å². The molecule has 0 bridgehead atoms. The van der Waals surface area contributed by atoms with Crippen molar-refractivity contribution in [2.45, 2.75) is 25.4 Å². The SMILES string of the molecule is O=C(OC1CCO1)c1ccc2ccccc2c1C(=O)OC1CCO1. The molecule has 0 N–H and O–H groups in total. The fraction of sp³-hybridized carbons (Fsp3) is 0.333. The van der Waals surface area contributed by atoms with Crippen molar-refractivity contribution in [2.24, 2.45) is 0 Å². The van der Waals surface area contributed by atoms with Gasteiger partial charge in [-0.3, -0.25) is 0 Å². The summed E-state index contributed by atoms with van der Waals surface area (Å²) in [6, 6.07) is 10.7. The van der Waals surface area contributed by atoms with Crippen LogP contribution in [0.25, 0.3) is 10.8 Å². The Morgan fingerprint density at radius 3 is 2.12 bits per heavy atom. The molecule has 4 rings (SSSR count). The molecule has 6 heteroatoms. The molecule has 0 aromatic heterocycles. The highest BCUT2D eigenvalue weighted by molar-refractivity contribution is 6.12. The van der Waals surface area contributed by atoms with Crippen LogP contribution >= 0.6 is 0 Å². The predicted octanol–water partition coefficient (Wildman–Crippen LogP) is 2.65. The molecule has 2 saturated heterocycles. The molecular weight excluding hydrogens is 312 g/mol. The van der Waals surface area contributed by atoms with Crippen molar-refractivity contribution in [3.8, 4) is 0 Å². The van der Waals surface area contributed by atoms with Crippen molar-refractivity contribution in [3.63, 3.8) is 0 Å². The zero-order valence-electron chi connectivity index (χ0n) is 12.9. The van der Waals surface area contributed by atoms with Crippen LogP contribution in [0.4, 0.5) is 0 Å². The molecule has 2 aromatic carbocycles. The maximum Gasteiger partial charge on any atom is 0.341 e. The second-order valence-electron chi connectivity index (χ2n) is 5.70. The summed E-state index contributed by atoms with van der Waals surface area (Å²) in [4.78, 5) is 25.1. The number of fused-ring (bicyclic) bond motifs is 1. The van der Waals surface area contributed by atoms with E-state index in [0.717, 1.165) is 5.39 Å². The third kappa shape index (κ3) is 2.74. The lowest BCUT2D eigenvalue weighted by atomic mass is 9.99. The van der Waals surface area contributed by atoms with Gasteiger partial charge in [0.05, 0.1) is 24.3 Å². The standard InChI is InChI=1S/C18H16O6/c19-17(23-14-7-9-21-14)13-6-5-11-3-1-2-4-12(11)16(13)18(20)24-15-8-10-22-15/h1-6,14-15H,7-10H2. The Balaban J connectivity index is 1.72. The summed E-state index contributed by atoms with van der Waals surface area (Å²) in [7, 11) is 0. The van der Waals surface area contributed by atoms with Crippen molar-refractivity contribution in [2.75, 3.05) is 13.2 Å². The predicted molar refractivity (Wildman–Crippen MR) is 83.5 cm³/mol.